The molecule has 3 heterocycles. The third-order valence-corrected chi connectivity index (χ3v) is 5.66. The number of nitrogens with one attached hydrogen (secondary N) is 1. The first-order valence-corrected chi connectivity index (χ1v) is 9.41. The highest BCUT2D eigenvalue weighted by Crippen LogP contribution is 2.38. The monoisotopic (exact) mass is 385 g/mol. The fraction of sp³-hybridized carbons (Fsp3) is 0.227. The number of fused-ring (bicyclic) bond motifs is 2. The van der Waals surface area contributed by atoms with Crippen LogP contribution >= 0.6 is 0 Å². The van der Waals surface area contributed by atoms with Gasteiger partial charge in [0.15, 0.2) is 0 Å². The number of H-pyrrole nitrogens is 1. The Balaban J connectivity index is 1.59. The lowest BCUT2D eigenvalue weighted by molar-refractivity contribution is 0.00725. The second-order valence-corrected chi connectivity index (χ2v) is 7.54. The van der Waals surface area contributed by atoms with Gasteiger partial charge < -0.3 is 15.4 Å². The minimum Gasteiger partial charge on any atom is -0.398 e. The van der Waals surface area contributed by atoms with Gasteiger partial charge in [-0.25, -0.2) is 0 Å². The highest BCUT2D eigenvalue weighted by atomic mass is 16.5. The third kappa shape index (κ3) is 2.69. The summed E-state index contributed by atoms with van der Waals surface area (Å²) >= 11 is 0. The van der Waals surface area contributed by atoms with Crippen molar-refractivity contribution in [1.82, 2.24) is 15.1 Å². The van der Waals surface area contributed by atoms with Gasteiger partial charge in [-0.2, -0.15) is 10.4 Å². The summed E-state index contributed by atoms with van der Waals surface area (Å²) < 4.78 is 5.32. The predicted octanol–water partition coefficient (Wildman–Crippen LogP) is 2.96. The van der Waals surface area contributed by atoms with E-state index in [4.69, 9.17) is 15.7 Å². The fourth-order valence-corrected chi connectivity index (χ4v) is 4.07. The van der Waals surface area contributed by atoms with Crippen molar-refractivity contribution in [3.05, 3.63) is 59.3 Å². The van der Waals surface area contributed by atoms with E-state index in [0.29, 0.717) is 42.5 Å². The van der Waals surface area contributed by atoms with Crippen LogP contribution in [-0.2, 0) is 11.3 Å². The van der Waals surface area contributed by atoms with Crippen molar-refractivity contribution in [1.29, 1.82) is 5.26 Å². The summed E-state index contributed by atoms with van der Waals surface area (Å²) in [5.74, 6) is 0.151. The summed E-state index contributed by atoms with van der Waals surface area (Å²) in [7, 11) is 0. The Morgan fingerprint density at radius 3 is 2.93 bits per heavy atom. The molecule has 0 bridgehead atoms. The van der Waals surface area contributed by atoms with Gasteiger partial charge in [-0.15, -0.1) is 0 Å². The first kappa shape index (κ1) is 17.5. The maximum atomic E-state index is 12.9. The van der Waals surface area contributed by atoms with Crippen molar-refractivity contribution in [2.24, 2.45) is 0 Å². The number of carbonyl (C=O) groups excluding carboxylic acids is 1. The van der Waals surface area contributed by atoms with Crippen LogP contribution < -0.4 is 5.73 Å². The minimum absolute atomic E-state index is 0.160. The number of nitrogens with two attached hydrogens (primary N) is 1. The zero-order chi connectivity index (χ0) is 20.1. The Morgan fingerprint density at radius 2 is 2.21 bits per heavy atom. The number of aromatic amines is 1. The lowest BCUT2D eigenvalue weighted by Gasteiger charge is -2.24. The molecule has 0 atom stereocenters. The van der Waals surface area contributed by atoms with Crippen molar-refractivity contribution in [3.63, 3.8) is 0 Å². The second-order valence-electron chi connectivity index (χ2n) is 7.54. The molecular formula is C22H19N5O2. The number of amides is 1. The minimum atomic E-state index is -0.160. The molecule has 7 nitrogen and oxygen atoms in total. The molecule has 0 spiro atoms. The fourth-order valence-electron chi connectivity index (χ4n) is 4.07. The molecule has 7 heteroatoms. The van der Waals surface area contributed by atoms with Crippen molar-refractivity contribution in [2.75, 3.05) is 25.5 Å². The van der Waals surface area contributed by atoms with Gasteiger partial charge in [0.2, 0.25) is 0 Å². The van der Waals surface area contributed by atoms with Gasteiger partial charge in [-0.1, -0.05) is 18.7 Å². The molecule has 1 fully saturated rings. The maximum Gasteiger partial charge on any atom is 0.256 e. The van der Waals surface area contributed by atoms with Crippen LogP contribution in [0.3, 0.4) is 0 Å². The Kier molecular flexibility index (Phi) is 3.89. The summed E-state index contributed by atoms with van der Waals surface area (Å²) in [6.45, 7) is 5.68. The summed E-state index contributed by atoms with van der Waals surface area (Å²) in [5, 5.41) is 17.7. The molecule has 2 aromatic carbocycles. The van der Waals surface area contributed by atoms with Crippen LogP contribution in [0.25, 0.3) is 22.0 Å². The molecule has 0 radical (unpaired) electrons. The molecule has 2 aliphatic rings. The molecule has 3 N–H and O–H groups in total. The van der Waals surface area contributed by atoms with Crippen LogP contribution in [-0.4, -0.2) is 40.8 Å². The first-order chi connectivity index (χ1) is 14.1. The van der Waals surface area contributed by atoms with E-state index in [2.05, 4.69) is 22.8 Å². The van der Waals surface area contributed by atoms with Gasteiger partial charge in [0, 0.05) is 23.2 Å². The standard InChI is InChI=1S/C22H19N5O2/c1-12(7-23)8-27-9-17-15(3-4-18(24)20(17)22(27)28)13-2-5-19-16(6-13)21(26-25-19)14-10-29-11-14/h2-6,14H,1,8-11,24H2,(H,25,26). The Bertz CT molecular complexity index is 1220. The molecule has 3 aromatic rings. The van der Waals surface area contributed by atoms with Crippen LogP contribution in [0.4, 0.5) is 5.69 Å². The number of benzene rings is 2. The maximum absolute atomic E-state index is 12.9. The highest BCUT2D eigenvalue weighted by Gasteiger charge is 2.32. The predicted molar refractivity (Wildman–Crippen MR) is 109 cm³/mol. The average Bonchev–Trinajstić information content (AvgIpc) is 3.23. The molecule has 1 aromatic heterocycles. The lowest BCUT2D eigenvalue weighted by Crippen LogP contribution is -2.26. The number of nitrogen functional groups attached to an aromatic ring is 1. The zero-order valence-electron chi connectivity index (χ0n) is 15.7. The van der Waals surface area contributed by atoms with E-state index in [1.807, 2.05) is 24.3 Å². The van der Waals surface area contributed by atoms with Crippen LogP contribution in [0.2, 0.25) is 0 Å². The topological polar surface area (TPSA) is 108 Å². The Labute approximate surface area is 167 Å². The van der Waals surface area contributed by atoms with Crippen molar-refractivity contribution >= 4 is 22.5 Å². The second kappa shape index (κ2) is 6.47. The Morgan fingerprint density at radius 1 is 1.38 bits per heavy atom. The number of carbonyl (C=O) groups is 1. The number of anilines is 1. The molecule has 1 amide bonds. The highest BCUT2D eigenvalue weighted by molar-refractivity contribution is 6.05. The average molecular weight is 385 g/mol. The van der Waals surface area contributed by atoms with Crippen molar-refractivity contribution in [2.45, 2.75) is 12.5 Å². The SMILES string of the molecule is C=C(C#N)CN1Cc2c(-c3ccc4[nH]nc(C5COC5)c4c3)ccc(N)c2C1=O. The van der Waals surface area contributed by atoms with Gasteiger partial charge in [0.25, 0.3) is 5.91 Å². The van der Waals surface area contributed by atoms with E-state index in [1.165, 1.54) is 0 Å². The molecule has 1 saturated heterocycles. The molecule has 0 unspecified atom stereocenters. The molecule has 0 saturated carbocycles. The third-order valence-electron chi connectivity index (χ3n) is 5.66. The zero-order valence-corrected chi connectivity index (χ0v) is 15.7. The van der Waals surface area contributed by atoms with Crippen molar-refractivity contribution < 1.29 is 9.53 Å². The van der Waals surface area contributed by atoms with Gasteiger partial charge in [0.05, 0.1) is 48.5 Å². The number of rotatable bonds is 4. The smallest absolute Gasteiger partial charge is 0.256 e. The largest absolute Gasteiger partial charge is 0.398 e. The number of hydrogen-bond donors (Lipinski definition) is 2. The normalized spacial score (nSPS) is 16.0. The van der Waals surface area contributed by atoms with Gasteiger partial charge in [-0.3, -0.25) is 9.89 Å². The van der Waals surface area contributed by atoms with Gasteiger partial charge in [0.1, 0.15) is 0 Å². The number of aromatic nitrogens is 2. The number of nitrogens with zero attached hydrogens (tertiary/aromatic N) is 3. The molecule has 144 valence electrons. The molecule has 29 heavy (non-hydrogen) atoms. The van der Waals surface area contributed by atoms with Gasteiger partial charge >= 0.3 is 0 Å². The summed E-state index contributed by atoms with van der Waals surface area (Å²) in [4.78, 5) is 14.5. The number of hydrogen-bond acceptors (Lipinski definition) is 5. The lowest BCUT2D eigenvalue weighted by atomic mass is 9.93. The summed E-state index contributed by atoms with van der Waals surface area (Å²) in [6.07, 6.45) is 0. The van der Waals surface area contributed by atoms with E-state index in [9.17, 15) is 4.79 Å². The van der Waals surface area contributed by atoms with E-state index in [1.54, 1.807) is 11.0 Å². The van der Waals surface area contributed by atoms with E-state index in [0.717, 1.165) is 33.3 Å². The van der Waals surface area contributed by atoms with E-state index in [-0.39, 0.29) is 12.5 Å². The first-order valence-electron chi connectivity index (χ1n) is 9.41. The molecular weight excluding hydrogens is 366 g/mol. The molecule has 0 aliphatic carbocycles. The molecule has 2 aliphatic heterocycles. The number of nitriles is 1. The van der Waals surface area contributed by atoms with Crippen molar-refractivity contribution in [3.8, 4) is 17.2 Å². The Hall–Kier alpha value is -3.63. The summed E-state index contributed by atoms with van der Waals surface area (Å²) in [6, 6.07) is 11.9. The van der Waals surface area contributed by atoms with Crippen LogP contribution in [0, 0.1) is 11.3 Å². The van der Waals surface area contributed by atoms with Gasteiger partial charge in [-0.05, 0) is 34.9 Å². The molecule has 5 rings (SSSR count). The van der Waals surface area contributed by atoms with Crippen LogP contribution in [0.1, 0.15) is 27.5 Å². The quantitative estimate of drug-likeness (QED) is 0.530. The van der Waals surface area contributed by atoms with E-state index >= 15 is 0 Å². The van der Waals surface area contributed by atoms with Crippen LogP contribution in [0.5, 0.6) is 0 Å². The summed E-state index contributed by atoms with van der Waals surface area (Å²) in [5.41, 5.74) is 12.3. The number of ether oxygens (including phenoxy) is 1. The van der Waals surface area contributed by atoms with E-state index < -0.39 is 0 Å². The van der Waals surface area contributed by atoms with Crippen LogP contribution in [0.15, 0.2) is 42.5 Å².